The number of hydrogen-bond donors (Lipinski definition) is 1. The van der Waals surface area contributed by atoms with Gasteiger partial charge in [0.2, 0.25) is 0 Å². The summed E-state index contributed by atoms with van der Waals surface area (Å²) in [5.74, 6) is 0.863. The molecule has 0 radical (unpaired) electrons. The lowest BCUT2D eigenvalue weighted by Crippen LogP contribution is -1.99. The lowest BCUT2D eigenvalue weighted by molar-refractivity contribution is 0.306. The number of benzene rings is 3. The van der Waals surface area contributed by atoms with Gasteiger partial charge in [-0.25, -0.2) is 0 Å². The summed E-state index contributed by atoms with van der Waals surface area (Å²) >= 11 is 5.99. The Hall–Kier alpha value is -2.45. The predicted octanol–water partition coefficient (Wildman–Crippen LogP) is 5.53. The minimum atomic E-state index is 0.579. The molecule has 3 rings (SSSR count). The fourth-order valence-corrected chi connectivity index (χ4v) is 2.47. The van der Waals surface area contributed by atoms with Crippen LogP contribution in [0.3, 0.4) is 0 Å². The molecule has 0 spiro atoms. The summed E-state index contributed by atoms with van der Waals surface area (Å²) in [4.78, 5) is 0. The van der Waals surface area contributed by atoms with Crippen LogP contribution in [0.15, 0.2) is 78.9 Å². The van der Waals surface area contributed by atoms with Gasteiger partial charge in [-0.1, -0.05) is 54.1 Å². The third-order valence-corrected chi connectivity index (χ3v) is 3.72. The molecule has 116 valence electrons. The molecular formula is C20H18ClNO. The molecule has 0 amide bonds. The fraction of sp³-hybridized carbons (Fsp3) is 0.100. The second kappa shape index (κ2) is 7.70. The number of hydrogen-bond acceptors (Lipinski definition) is 2. The topological polar surface area (TPSA) is 21.3 Å². The van der Waals surface area contributed by atoms with E-state index in [1.54, 1.807) is 0 Å². The maximum Gasteiger partial charge on any atom is 0.119 e. The third kappa shape index (κ3) is 4.76. The standard InChI is InChI=1S/C20H18ClNO/c21-18-8-4-7-17(13-18)14-22-19-9-11-20(12-10-19)23-15-16-5-2-1-3-6-16/h1-13,22H,14-15H2. The molecule has 23 heavy (non-hydrogen) atoms. The Labute approximate surface area is 141 Å². The van der Waals surface area contributed by atoms with E-state index in [1.807, 2.05) is 60.7 Å². The number of anilines is 1. The molecule has 0 heterocycles. The summed E-state index contributed by atoms with van der Waals surface area (Å²) in [5.41, 5.74) is 3.37. The van der Waals surface area contributed by atoms with Crippen molar-refractivity contribution in [2.24, 2.45) is 0 Å². The van der Waals surface area contributed by atoms with Gasteiger partial charge in [0, 0.05) is 17.3 Å². The zero-order valence-electron chi connectivity index (χ0n) is 12.7. The monoisotopic (exact) mass is 323 g/mol. The van der Waals surface area contributed by atoms with Gasteiger partial charge in [-0.05, 0) is 47.5 Å². The highest BCUT2D eigenvalue weighted by Crippen LogP contribution is 2.18. The highest BCUT2D eigenvalue weighted by atomic mass is 35.5. The van der Waals surface area contributed by atoms with Crippen molar-refractivity contribution in [2.45, 2.75) is 13.2 Å². The summed E-state index contributed by atoms with van der Waals surface area (Å²) in [6.45, 7) is 1.32. The van der Waals surface area contributed by atoms with Crippen LogP contribution < -0.4 is 10.1 Å². The van der Waals surface area contributed by atoms with Crippen LogP contribution in [0.25, 0.3) is 0 Å². The van der Waals surface area contributed by atoms with E-state index in [4.69, 9.17) is 16.3 Å². The first kappa shape index (κ1) is 15.4. The zero-order chi connectivity index (χ0) is 15.9. The highest BCUT2D eigenvalue weighted by molar-refractivity contribution is 6.30. The molecule has 0 fully saturated rings. The summed E-state index contributed by atoms with van der Waals surface area (Å²) in [5, 5.41) is 4.13. The number of nitrogens with one attached hydrogen (secondary N) is 1. The minimum absolute atomic E-state index is 0.579. The largest absolute Gasteiger partial charge is 0.489 e. The van der Waals surface area contributed by atoms with Crippen LogP contribution in [0.1, 0.15) is 11.1 Å². The van der Waals surface area contributed by atoms with Gasteiger partial charge in [0.1, 0.15) is 12.4 Å². The van der Waals surface area contributed by atoms with Crippen molar-refractivity contribution in [3.05, 3.63) is 95.0 Å². The van der Waals surface area contributed by atoms with E-state index in [0.29, 0.717) is 6.61 Å². The second-order valence-corrected chi connectivity index (χ2v) is 5.72. The van der Waals surface area contributed by atoms with Gasteiger partial charge in [-0.3, -0.25) is 0 Å². The highest BCUT2D eigenvalue weighted by Gasteiger charge is 1.98. The van der Waals surface area contributed by atoms with Gasteiger partial charge < -0.3 is 10.1 Å². The van der Waals surface area contributed by atoms with Crippen molar-refractivity contribution in [1.82, 2.24) is 0 Å². The van der Waals surface area contributed by atoms with Gasteiger partial charge in [-0.2, -0.15) is 0 Å². The molecule has 0 aliphatic heterocycles. The Kier molecular flexibility index (Phi) is 5.17. The molecule has 0 bridgehead atoms. The Balaban J connectivity index is 1.52. The number of ether oxygens (including phenoxy) is 1. The molecule has 3 heteroatoms. The first-order valence-electron chi connectivity index (χ1n) is 7.55. The maximum absolute atomic E-state index is 5.99. The SMILES string of the molecule is Clc1cccc(CNc2ccc(OCc3ccccc3)cc2)c1. The van der Waals surface area contributed by atoms with E-state index in [1.165, 1.54) is 0 Å². The van der Waals surface area contributed by atoms with E-state index in [2.05, 4.69) is 23.5 Å². The van der Waals surface area contributed by atoms with Gasteiger partial charge in [-0.15, -0.1) is 0 Å². The van der Waals surface area contributed by atoms with Crippen LogP contribution in [-0.2, 0) is 13.2 Å². The van der Waals surface area contributed by atoms with Crippen LogP contribution in [0, 0.1) is 0 Å². The molecule has 2 nitrogen and oxygen atoms in total. The summed E-state index contributed by atoms with van der Waals surface area (Å²) in [7, 11) is 0. The van der Waals surface area contributed by atoms with E-state index >= 15 is 0 Å². The quantitative estimate of drug-likeness (QED) is 0.644. The van der Waals surface area contributed by atoms with Crippen molar-refractivity contribution in [3.8, 4) is 5.75 Å². The molecule has 3 aromatic rings. The van der Waals surface area contributed by atoms with Crippen molar-refractivity contribution in [2.75, 3.05) is 5.32 Å². The van der Waals surface area contributed by atoms with E-state index in [0.717, 1.165) is 34.1 Å². The first-order chi connectivity index (χ1) is 11.3. The lowest BCUT2D eigenvalue weighted by atomic mass is 10.2. The van der Waals surface area contributed by atoms with Crippen molar-refractivity contribution in [1.29, 1.82) is 0 Å². The van der Waals surface area contributed by atoms with Crippen molar-refractivity contribution >= 4 is 17.3 Å². The molecule has 0 aromatic heterocycles. The Morgan fingerprint density at radius 1 is 0.783 bits per heavy atom. The van der Waals surface area contributed by atoms with Crippen LogP contribution in [0.2, 0.25) is 5.02 Å². The Bertz CT molecular complexity index is 741. The van der Waals surface area contributed by atoms with Crippen molar-refractivity contribution < 1.29 is 4.74 Å². The summed E-state index contributed by atoms with van der Waals surface area (Å²) in [6.07, 6.45) is 0. The van der Waals surface area contributed by atoms with E-state index in [-0.39, 0.29) is 0 Å². The first-order valence-corrected chi connectivity index (χ1v) is 7.92. The molecule has 1 N–H and O–H groups in total. The second-order valence-electron chi connectivity index (χ2n) is 5.28. The molecule has 0 unspecified atom stereocenters. The lowest BCUT2D eigenvalue weighted by Gasteiger charge is -2.09. The molecular weight excluding hydrogens is 306 g/mol. The van der Waals surface area contributed by atoms with Gasteiger partial charge >= 0.3 is 0 Å². The van der Waals surface area contributed by atoms with Crippen molar-refractivity contribution in [3.63, 3.8) is 0 Å². The average Bonchev–Trinajstić information content (AvgIpc) is 2.60. The normalized spacial score (nSPS) is 10.3. The van der Waals surface area contributed by atoms with Gasteiger partial charge in [0.15, 0.2) is 0 Å². The predicted molar refractivity (Wildman–Crippen MR) is 96.0 cm³/mol. The molecule has 0 saturated carbocycles. The van der Waals surface area contributed by atoms with Crippen LogP contribution in [0.4, 0.5) is 5.69 Å². The number of halogens is 1. The van der Waals surface area contributed by atoms with Gasteiger partial charge in [0.05, 0.1) is 0 Å². The third-order valence-electron chi connectivity index (χ3n) is 3.49. The maximum atomic E-state index is 5.99. The minimum Gasteiger partial charge on any atom is -0.489 e. The van der Waals surface area contributed by atoms with Crippen LogP contribution in [0.5, 0.6) is 5.75 Å². The van der Waals surface area contributed by atoms with Crippen LogP contribution in [-0.4, -0.2) is 0 Å². The van der Waals surface area contributed by atoms with Crippen LogP contribution >= 0.6 is 11.6 Å². The van der Waals surface area contributed by atoms with E-state index in [9.17, 15) is 0 Å². The van der Waals surface area contributed by atoms with E-state index < -0.39 is 0 Å². The molecule has 0 aliphatic carbocycles. The molecule has 0 saturated heterocycles. The summed E-state index contributed by atoms with van der Waals surface area (Å²) < 4.78 is 5.78. The zero-order valence-corrected chi connectivity index (χ0v) is 13.5. The summed E-state index contributed by atoms with van der Waals surface area (Å²) in [6, 6.07) is 26.0. The Morgan fingerprint density at radius 2 is 1.52 bits per heavy atom. The fourth-order valence-electron chi connectivity index (χ4n) is 2.26. The molecule has 0 aliphatic rings. The average molecular weight is 324 g/mol. The molecule has 3 aromatic carbocycles. The van der Waals surface area contributed by atoms with Gasteiger partial charge in [0.25, 0.3) is 0 Å². The smallest absolute Gasteiger partial charge is 0.119 e. The Morgan fingerprint density at radius 3 is 2.26 bits per heavy atom. The number of rotatable bonds is 6. The molecule has 0 atom stereocenters.